The van der Waals surface area contributed by atoms with Crippen LogP contribution in [0.25, 0.3) is 0 Å². The smallest absolute Gasteiger partial charge is 0.0487 e. The highest BCUT2D eigenvalue weighted by Crippen LogP contribution is 2.16. The lowest BCUT2D eigenvalue weighted by Gasteiger charge is -2.10. The standard InChI is InChI=1S/C11H16N2/c1-8(2)6-11(12)10-4-5-13-7-9(10)3/h4-7,11H,12H2,1-3H3. The van der Waals surface area contributed by atoms with Crippen molar-refractivity contribution in [1.29, 1.82) is 0 Å². The second-order valence-corrected chi connectivity index (χ2v) is 3.50. The van der Waals surface area contributed by atoms with Crippen LogP contribution in [0.5, 0.6) is 0 Å². The van der Waals surface area contributed by atoms with Gasteiger partial charge in [-0.25, -0.2) is 0 Å². The van der Waals surface area contributed by atoms with Crippen molar-refractivity contribution in [3.8, 4) is 0 Å². The van der Waals surface area contributed by atoms with E-state index in [1.807, 2.05) is 19.2 Å². The minimum atomic E-state index is -0.00648. The fourth-order valence-electron chi connectivity index (χ4n) is 1.31. The van der Waals surface area contributed by atoms with Crippen LogP contribution in [0.3, 0.4) is 0 Å². The molecule has 2 heteroatoms. The molecule has 1 rings (SSSR count). The van der Waals surface area contributed by atoms with Crippen molar-refractivity contribution >= 4 is 0 Å². The maximum absolute atomic E-state index is 5.99. The number of nitrogens with two attached hydrogens (primary N) is 1. The Balaban J connectivity index is 2.95. The van der Waals surface area contributed by atoms with Gasteiger partial charge in [-0.2, -0.15) is 0 Å². The van der Waals surface area contributed by atoms with E-state index in [1.165, 1.54) is 5.57 Å². The SMILES string of the molecule is CC(C)=CC(N)c1ccncc1C. The quantitative estimate of drug-likeness (QED) is 0.702. The highest BCUT2D eigenvalue weighted by atomic mass is 14.7. The Morgan fingerprint density at radius 3 is 2.77 bits per heavy atom. The molecule has 0 saturated carbocycles. The predicted octanol–water partition coefficient (Wildman–Crippen LogP) is 2.36. The van der Waals surface area contributed by atoms with E-state index < -0.39 is 0 Å². The summed E-state index contributed by atoms with van der Waals surface area (Å²) in [6.45, 7) is 6.13. The number of rotatable bonds is 2. The lowest BCUT2D eigenvalue weighted by atomic mass is 10.0. The van der Waals surface area contributed by atoms with Gasteiger partial charge in [-0.05, 0) is 38.0 Å². The van der Waals surface area contributed by atoms with E-state index in [0.29, 0.717) is 0 Å². The second-order valence-electron chi connectivity index (χ2n) is 3.50. The Bertz CT molecular complexity index is 312. The van der Waals surface area contributed by atoms with Gasteiger partial charge in [0.25, 0.3) is 0 Å². The number of hydrogen-bond acceptors (Lipinski definition) is 2. The first-order valence-electron chi connectivity index (χ1n) is 4.42. The van der Waals surface area contributed by atoms with Gasteiger partial charge in [0.2, 0.25) is 0 Å². The van der Waals surface area contributed by atoms with Crippen molar-refractivity contribution in [3.63, 3.8) is 0 Å². The fraction of sp³-hybridized carbons (Fsp3) is 0.364. The molecule has 13 heavy (non-hydrogen) atoms. The van der Waals surface area contributed by atoms with Crippen LogP contribution in [0.1, 0.15) is 31.0 Å². The van der Waals surface area contributed by atoms with E-state index >= 15 is 0 Å². The summed E-state index contributed by atoms with van der Waals surface area (Å²) in [5.41, 5.74) is 9.53. The molecule has 0 saturated heterocycles. The number of hydrogen-bond donors (Lipinski definition) is 1. The normalized spacial score (nSPS) is 12.3. The topological polar surface area (TPSA) is 38.9 Å². The van der Waals surface area contributed by atoms with Crippen LogP contribution in [0.2, 0.25) is 0 Å². The summed E-state index contributed by atoms with van der Waals surface area (Å²) in [5.74, 6) is 0. The maximum atomic E-state index is 5.99. The van der Waals surface area contributed by atoms with Crippen LogP contribution >= 0.6 is 0 Å². The molecular weight excluding hydrogens is 160 g/mol. The zero-order valence-electron chi connectivity index (χ0n) is 8.41. The van der Waals surface area contributed by atoms with Gasteiger partial charge < -0.3 is 5.73 Å². The summed E-state index contributed by atoms with van der Waals surface area (Å²) >= 11 is 0. The lowest BCUT2D eigenvalue weighted by molar-refractivity contribution is 0.883. The van der Waals surface area contributed by atoms with Gasteiger partial charge in [0, 0.05) is 18.4 Å². The molecule has 70 valence electrons. The number of allylic oxidation sites excluding steroid dienone is 1. The fourth-order valence-corrected chi connectivity index (χ4v) is 1.31. The van der Waals surface area contributed by atoms with Crippen molar-refractivity contribution in [3.05, 3.63) is 41.2 Å². The molecular formula is C11H16N2. The summed E-state index contributed by atoms with van der Waals surface area (Å²) in [4.78, 5) is 4.03. The molecule has 1 aromatic heterocycles. The van der Waals surface area contributed by atoms with Gasteiger partial charge in [0.1, 0.15) is 0 Å². The Hall–Kier alpha value is -1.15. The highest BCUT2D eigenvalue weighted by molar-refractivity contribution is 5.28. The van der Waals surface area contributed by atoms with Crippen molar-refractivity contribution in [2.75, 3.05) is 0 Å². The number of aryl methyl sites for hydroxylation is 1. The van der Waals surface area contributed by atoms with E-state index in [0.717, 1.165) is 11.1 Å². The molecule has 0 aliphatic rings. The maximum Gasteiger partial charge on any atom is 0.0487 e. The number of pyridine rings is 1. The monoisotopic (exact) mass is 176 g/mol. The first-order chi connectivity index (χ1) is 6.11. The molecule has 1 aromatic rings. The Morgan fingerprint density at radius 1 is 1.54 bits per heavy atom. The van der Waals surface area contributed by atoms with E-state index in [2.05, 4.69) is 24.9 Å². The van der Waals surface area contributed by atoms with Crippen LogP contribution in [0.15, 0.2) is 30.1 Å². The molecule has 2 N–H and O–H groups in total. The molecule has 1 heterocycles. The molecule has 0 aromatic carbocycles. The summed E-state index contributed by atoms with van der Waals surface area (Å²) in [7, 11) is 0. The number of nitrogens with zero attached hydrogens (tertiary/aromatic N) is 1. The predicted molar refractivity (Wildman–Crippen MR) is 55.3 cm³/mol. The van der Waals surface area contributed by atoms with Gasteiger partial charge in [-0.1, -0.05) is 11.6 Å². The van der Waals surface area contributed by atoms with E-state index in [-0.39, 0.29) is 6.04 Å². The van der Waals surface area contributed by atoms with Gasteiger partial charge in [-0.3, -0.25) is 4.98 Å². The highest BCUT2D eigenvalue weighted by Gasteiger charge is 2.04. The molecule has 0 aliphatic heterocycles. The second kappa shape index (κ2) is 4.19. The lowest BCUT2D eigenvalue weighted by Crippen LogP contribution is -2.09. The minimum Gasteiger partial charge on any atom is -0.321 e. The third-order valence-electron chi connectivity index (χ3n) is 1.94. The molecule has 0 amide bonds. The van der Waals surface area contributed by atoms with E-state index in [9.17, 15) is 0 Å². The van der Waals surface area contributed by atoms with Crippen molar-refractivity contribution < 1.29 is 0 Å². The molecule has 2 nitrogen and oxygen atoms in total. The average Bonchev–Trinajstić information content (AvgIpc) is 2.03. The molecule has 1 atom stereocenters. The van der Waals surface area contributed by atoms with Crippen molar-refractivity contribution in [2.45, 2.75) is 26.8 Å². The van der Waals surface area contributed by atoms with Crippen LogP contribution in [0.4, 0.5) is 0 Å². The third-order valence-corrected chi connectivity index (χ3v) is 1.94. The zero-order chi connectivity index (χ0) is 9.84. The number of aromatic nitrogens is 1. The molecule has 0 spiro atoms. The van der Waals surface area contributed by atoms with E-state index in [1.54, 1.807) is 6.20 Å². The van der Waals surface area contributed by atoms with Gasteiger partial charge in [-0.15, -0.1) is 0 Å². The van der Waals surface area contributed by atoms with E-state index in [4.69, 9.17) is 5.73 Å². The summed E-state index contributed by atoms with van der Waals surface area (Å²) in [5, 5.41) is 0. The summed E-state index contributed by atoms with van der Waals surface area (Å²) < 4.78 is 0. The minimum absolute atomic E-state index is 0.00648. The van der Waals surface area contributed by atoms with Gasteiger partial charge in [0.15, 0.2) is 0 Å². The molecule has 1 unspecified atom stereocenters. The average molecular weight is 176 g/mol. The zero-order valence-corrected chi connectivity index (χ0v) is 8.41. The van der Waals surface area contributed by atoms with Crippen LogP contribution < -0.4 is 5.73 Å². The van der Waals surface area contributed by atoms with Crippen molar-refractivity contribution in [1.82, 2.24) is 4.98 Å². The first kappa shape index (κ1) is 9.93. The van der Waals surface area contributed by atoms with Gasteiger partial charge in [0.05, 0.1) is 0 Å². The van der Waals surface area contributed by atoms with Crippen LogP contribution in [-0.4, -0.2) is 4.98 Å². The molecule has 0 aliphatic carbocycles. The summed E-state index contributed by atoms with van der Waals surface area (Å²) in [6, 6.07) is 1.97. The molecule has 0 fully saturated rings. The summed E-state index contributed by atoms with van der Waals surface area (Å²) in [6.07, 6.45) is 5.68. The van der Waals surface area contributed by atoms with Gasteiger partial charge >= 0.3 is 0 Å². The van der Waals surface area contributed by atoms with Crippen molar-refractivity contribution in [2.24, 2.45) is 5.73 Å². The largest absolute Gasteiger partial charge is 0.321 e. The Labute approximate surface area is 79.5 Å². The Morgan fingerprint density at radius 2 is 2.23 bits per heavy atom. The third kappa shape index (κ3) is 2.67. The molecule has 0 bridgehead atoms. The van der Waals surface area contributed by atoms with Crippen LogP contribution in [0, 0.1) is 6.92 Å². The first-order valence-corrected chi connectivity index (χ1v) is 4.42. The molecule has 0 radical (unpaired) electrons. The van der Waals surface area contributed by atoms with Crippen LogP contribution in [-0.2, 0) is 0 Å². The Kier molecular flexibility index (Phi) is 3.20.